The van der Waals surface area contributed by atoms with Crippen LogP contribution in [0.4, 0.5) is 0 Å². The molecule has 0 radical (unpaired) electrons. The van der Waals surface area contributed by atoms with Gasteiger partial charge in [-0.05, 0) is 80.2 Å². The second-order valence-electron chi connectivity index (χ2n) is 9.90. The molecule has 8 rings (SSSR count). The highest BCUT2D eigenvalue weighted by atomic mass is 16.3. The summed E-state index contributed by atoms with van der Waals surface area (Å²) in [6.45, 7) is 0. The van der Waals surface area contributed by atoms with Gasteiger partial charge in [0.15, 0.2) is 0 Å². The third kappa shape index (κ3) is 2.59. The highest BCUT2D eigenvalue weighted by Crippen LogP contribution is 2.61. The smallest absolute Gasteiger partial charge is 0.251 e. The van der Waals surface area contributed by atoms with E-state index in [1.807, 2.05) is 16.6 Å². The van der Waals surface area contributed by atoms with Gasteiger partial charge in [0.1, 0.15) is 11.4 Å². The van der Waals surface area contributed by atoms with Gasteiger partial charge >= 0.3 is 0 Å². The van der Waals surface area contributed by atoms with Crippen molar-refractivity contribution >= 4 is 5.78 Å². The molecule has 0 aromatic carbocycles. The minimum atomic E-state index is 0.452. The first kappa shape index (κ1) is 16.9. The molecule has 0 aliphatic heterocycles. The highest BCUT2D eigenvalue weighted by molar-refractivity contribution is 5.77. The number of furan rings is 2. The summed E-state index contributed by atoms with van der Waals surface area (Å²) in [6.07, 6.45) is 18.4. The molecule has 0 spiro atoms. The van der Waals surface area contributed by atoms with Crippen molar-refractivity contribution in [3.05, 3.63) is 49.1 Å². The Morgan fingerprint density at radius 3 is 2.10 bits per heavy atom. The summed E-state index contributed by atoms with van der Waals surface area (Å²) in [6, 6.07) is 3.82. The lowest BCUT2D eigenvalue weighted by molar-refractivity contribution is -0.0526. The molecule has 4 aromatic rings. The van der Waals surface area contributed by atoms with E-state index in [9.17, 15) is 0 Å². The third-order valence-corrected chi connectivity index (χ3v) is 7.67. The highest BCUT2D eigenvalue weighted by Gasteiger charge is 2.50. The van der Waals surface area contributed by atoms with Crippen LogP contribution in [-0.2, 0) is 6.42 Å². The summed E-state index contributed by atoms with van der Waals surface area (Å²) in [5.74, 6) is 3.50. The zero-order chi connectivity index (χ0) is 19.7. The Kier molecular flexibility index (Phi) is 3.41. The Hall–Kier alpha value is -2.89. The van der Waals surface area contributed by atoms with Crippen LogP contribution in [-0.4, -0.2) is 19.6 Å². The minimum absolute atomic E-state index is 0.452. The zero-order valence-corrected chi connectivity index (χ0v) is 16.8. The normalized spacial score (nSPS) is 29.8. The van der Waals surface area contributed by atoms with Crippen LogP contribution in [0.2, 0.25) is 0 Å². The number of nitrogens with zero attached hydrogens (tertiary/aromatic N) is 4. The molecule has 4 heterocycles. The Labute approximate surface area is 174 Å². The van der Waals surface area contributed by atoms with Gasteiger partial charge in [-0.2, -0.15) is 5.10 Å². The number of fused-ring (bicyclic) bond motifs is 1. The van der Waals surface area contributed by atoms with Crippen LogP contribution in [0.15, 0.2) is 52.2 Å². The largest absolute Gasteiger partial charge is 0.472 e. The molecule has 4 fully saturated rings. The first-order chi connectivity index (χ1) is 14.7. The van der Waals surface area contributed by atoms with Gasteiger partial charge in [-0.1, -0.05) is 0 Å². The molecule has 4 aliphatic carbocycles. The van der Waals surface area contributed by atoms with Gasteiger partial charge in [0.2, 0.25) is 0 Å². The zero-order valence-electron chi connectivity index (χ0n) is 16.8. The van der Waals surface area contributed by atoms with Crippen LogP contribution < -0.4 is 0 Å². The summed E-state index contributed by atoms with van der Waals surface area (Å²) in [4.78, 5) is 9.79. The van der Waals surface area contributed by atoms with Crippen molar-refractivity contribution in [3.8, 4) is 22.5 Å². The van der Waals surface area contributed by atoms with Crippen LogP contribution in [0.1, 0.15) is 44.2 Å². The molecular formula is C24H24N4O2. The Morgan fingerprint density at radius 1 is 0.867 bits per heavy atom. The van der Waals surface area contributed by atoms with Crippen molar-refractivity contribution in [3.63, 3.8) is 0 Å². The van der Waals surface area contributed by atoms with Gasteiger partial charge in [-0.3, -0.25) is 0 Å². The standard InChI is InChI=1S/C24H24N4O2/c1-3-29-13-18(1)21-22(19-2-4-30-14-19)27-28-12-20(25-23(28)26-21)11-24-8-15-5-16(9-24)7-17(6-15)10-24/h1-4,12-17H,5-11H2. The van der Waals surface area contributed by atoms with E-state index >= 15 is 0 Å². The van der Waals surface area contributed by atoms with Crippen LogP contribution in [0, 0.1) is 23.2 Å². The topological polar surface area (TPSA) is 69.4 Å². The fourth-order valence-corrected chi connectivity index (χ4v) is 7.04. The maximum Gasteiger partial charge on any atom is 0.251 e. The van der Waals surface area contributed by atoms with Crippen LogP contribution in [0.5, 0.6) is 0 Å². The van der Waals surface area contributed by atoms with Crippen molar-refractivity contribution in [1.82, 2.24) is 19.6 Å². The maximum atomic E-state index is 5.30. The number of aromatic nitrogens is 4. The van der Waals surface area contributed by atoms with Gasteiger partial charge in [-0.15, -0.1) is 0 Å². The number of rotatable bonds is 4. The predicted molar refractivity (Wildman–Crippen MR) is 110 cm³/mol. The van der Waals surface area contributed by atoms with E-state index in [4.69, 9.17) is 23.9 Å². The molecular weight excluding hydrogens is 376 g/mol. The van der Waals surface area contributed by atoms with Crippen molar-refractivity contribution in [2.75, 3.05) is 0 Å². The molecule has 0 amide bonds. The molecule has 30 heavy (non-hydrogen) atoms. The second kappa shape index (κ2) is 6.06. The van der Waals surface area contributed by atoms with E-state index in [1.54, 1.807) is 25.1 Å². The summed E-state index contributed by atoms with van der Waals surface area (Å²) in [7, 11) is 0. The number of imidazole rings is 1. The first-order valence-corrected chi connectivity index (χ1v) is 11.0. The molecule has 4 saturated carbocycles. The summed E-state index contributed by atoms with van der Waals surface area (Å²) >= 11 is 0. The van der Waals surface area contributed by atoms with Crippen molar-refractivity contribution in [1.29, 1.82) is 0 Å². The van der Waals surface area contributed by atoms with Gasteiger partial charge in [0, 0.05) is 11.1 Å². The summed E-state index contributed by atoms with van der Waals surface area (Å²) < 4.78 is 12.4. The van der Waals surface area contributed by atoms with E-state index in [0.717, 1.165) is 52.4 Å². The van der Waals surface area contributed by atoms with E-state index < -0.39 is 0 Å². The molecule has 4 bridgehead atoms. The fourth-order valence-electron chi connectivity index (χ4n) is 7.04. The van der Waals surface area contributed by atoms with Crippen molar-refractivity contribution in [2.24, 2.45) is 23.2 Å². The molecule has 0 saturated heterocycles. The lowest BCUT2D eigenvalue weighted by Gasteiger charge is -2.56. The lowest BCUT2D eigenvalue weighted by atomic mass is 9.48. The SMILES string of the molecule is c1cc(-c2nc3nc(CC45CC6CC(CC(C6)C4)C5)cn3nc2-c2ccoc2)co1. The quantitative estimate of drug-likeness (QED) is 0.458. The molecule has 152 valence electrons. The van der Waals surface area contributed by atoms with E-state index in [0.29, 0.717) is 11.2 Å². The fraction of sp³-hybridized carbons (Fsp3) is 0.458. The number of hydrogen-bond donors (Lipinski definition) is 0. The Morgan fingerprint density at radius 2 is 1.50 bits per heavy atom. The van der Waals surface area contributed by atoms with E-state index in [-0.39, 0.29) is 0 Å². The average molecular weight is 400 g/mol. The van der Waals surface area contributed by atoms with Gasteiger partial charge in [0.05, 0.1) is 36.9 Å². The lowest BCUT2D eigenvalue weighted by Crippen LogP contribution is -2.47. The summed E-state index contributed by atoms with van der Waals surface area (Å²) in [5.41, 5.74) is 4.91. The van der Waals surface area contributed by atoms with Crippen molar-refractivity contribution < 1.29 is 8.83 Å². The third-order valence-electron chi connectivity index (χ3n) is 7.67. The Bertz CT molecular complexity index is 1100. The first-order valence-electron chi connectivity index (χ1n) is 11.0. The molecule has 4 aliphatic rings. The van der Waals surface area contributed by atoms with Crippen LogP contribution in [0.25, 0.3) is 28.3 Å². The molecule has 0 unspecified atom stereocenters. The average Bonchev–Trinajstić information content (AvgIpc) is 3.46. The second-order valence-corrected chi connectivity index (χ2v) is 9.90. The summed E-state index contributed by atoms with van der Waals surface area (Å²) in [5, 5.41) is 4.88. The van der Waals surface area contributed by atoms with Crippen LogP contribution in [0.3, 0.4) is 0 Å². The Balaban J connectivity index is 1.30. The molecule has 4 aromatic heterocycles. The molecule has 6 nitrogen and oxygen atoms in total. The molecule has 0 N–H and O–H groups in total. The molecule has 6 heteroatoms. The monoisotopic (exact) mass is 400 g/mol. The number of hydrogen-bond acceptors (Lipinski definition) is 5. The van der Waals surface area contributed by atoms with Gasteiger partial charge in [-0.25, -0.2) is 14.5 Å². The predicted octanol–water partition coefficient (Wildman–Crippen LogP) is 5.40. The van der Waals surface area contributed by atoms with Gasteiger partial charge < -0.3 is 8.83 Å². The minimum Gasteiger partial charge on any atom is -0.472 e. The maximum absolute atomic E-state index is 5.30. The van der Waals surface area contributed by atoms with Crippen LogP contribution >= 0.6 is 0 Å². The van der Waals surface area contributed by atoms with E-state index in [1.165, 1.54) is 38.5 Å². The van der Waals surface area contributed by atoms with Crippen molar-refractivity contribution in [2.45, 2.75) is 44.9 Å². The molecule has 0 atom stereocenters. The van der Waals surface area contributed by atoms with Gasteiger partial charge in [0.25, 0.3) is 5.78 Å². The van der Waals surface area contributed by atoms with E-state index in [2.05, 4.69) is 6.20 Å².